The Bertz CT molecular complexity index is 1390. The molecule has 0 amide bonds. The van der Waals surface area contributed by atoms with Crippen molar-refractivity contribution in [3.8, 4) is 6.07 Å². The summed E-state index contributed by atoms with van der Waals surface area (Å²) in [5, 5.41) is 10.1. The van der Waals surface area contributed by atoms with Crippen LogP contribution in [0.1, 0.15) is 24.0 Å². The Labute approximate surface area is 182 Å². The van der Waals surface area contributed by atoms with Crippen LogP contribution in [-0.2, 0) is 9.53 Å². The van der Waals surface area contributed by atoms with E-state index < -0.39 is 11.9 Å². The first-order chi connectivity index (χ1) is 15.1. The van der Waals surface area contributed by atoms with Gasteiger partial charge in [-0.15, -0.1) is 11.3 Å². The largest absolute Gasteiger partial charge is 0.463 e. The van der Waals surface area contributed by atoms with Crippen LogP contribution in [0.2, 0.25) is 0 Å². The van der Waals surface area contributed by atoms with E-state index in [0.717, 1.165) is 11.1 Å². The van der Waals surface area contributed by atoms with Crippen molar-refractivity contribution in [2.45, 2.75) is 12.8 Å². The number of aromatic nitrogens is 1. The molecular weight excluding hydrogens is 410 g/mol. The summed E-state index contributed by atoms with van der Waals surface area (Å²) in [5.74, 6) is -1.36. The van der Waals surface area contributed by atoms with Gasteiger partial charge in [-0.25, -0.2) is 4.79 Å². The molecule has 2 heterocycles. The van der Waals surface area contributed by atoms with Crippen LogP contribution in [0.4, 0.5) is 0 Å². The average Bonchev–Trinajstić information content (AvgIpc) is 3.11. The molecule has 0 spiro atoms. The average molecular weight is 430 g/mol. The fraction of sp³-hybridized carbons (Fsp3) is 0.125. The molecule has 1 aromatic heterocycles. The third-order valence-corrected chi connectivity index (χ3v) is 6.10. The monoisotopic (exact) mass is 429 g/mol. The van der Waals surface area contributed by atoms with Gasteiger partial charge in [-0.05, 0) is 24.1 Å². The number of carbonyl (C=O) groups is 1. The van der Waals surface area contributed by atoms with Crippen LogP contribution < -0.4 is 20.5 Å². The van der Waals surface area contributed by atoms with E-state index in [0.29, 0.717) is 14.8 Å². The van der Waals surface area contributed by atoms with E-state index in [-0.39, 0.29) is 23.6 Å². The first-order valence-electron chi connectivity index (χ1n) is 9.71. The van der Waals surface area contributed by atoms with Gasteiger partial charge in [0.2, 0.25) is 0 Å². The number of fused-ring (bicyclic) bond motifs is 1. The van der Waals surface area contributed by atoms with Gasteiger partial charge >= 0.3 is 5.97 Å². The van der Waals surface area contributed by atoms with Crippen molar-refractivity contribution >= 4 is 34.8 Å². The van der Waals surface area contributed by atoms with Crippen molar-refractivity contribution in [2.75, 3.05) is 6.61 Å². The molecule has 1 aliphatic heterocycles. The van der Waals surface area contributed by atoms with Gasteiger partial charge in [0, 0.05) is 0 Å². The van der Waals surface area contributed by atoms with Crippen LogP contribution in [0.3, 0.4) is 0 Å². The van der Waals surface area contributed by atoms with Crippen molar-refractivity contribution in [1.29, 1.82) is 5.26 Å². The number of rotatable bonds is 4. The van der Waals surface area contributed by atoms with Crippen molar-refractivity contribution < 1.29 is 9.53 Å². The topological polar surface area (TPSA) is 98.1 Å². The van der Waals surface area contributed by atoms with E-state index in [1.165, 1.54) is 15.9 Å². The molecule has 2 N–H and O–H groups in total. The maximum absolute atomic E-state index is 13.2. The predicted molar refractivity (Wildman–Crippen MR) is 120 cm³/mol. The van der Waals surface area contributed by atoms with E-state index >= 15 is 0 Å². The lowest BCUT2D eigenvalue weighted by Crippen LogP contribution is -2.40. The van der Waals surface area contributed by atoms with Crippen LogP contribution in [0.5, 0.6) is 0 Å². The fourth-order valence-electron chi connectivity index (χ4n) is 3.64. The van der Waals surface area contributed by atoms with Crippen molar-refractivity contribution in [3.05, 3.63) is 96.9 Å². The van der Waals surface area contributed by atoms with E-state index in [1.807, 2.05) is 60.7 Å². The predicted octanol–water partition coefficient (Wildman–Crippen LogP) is 1.90. The molecule has 6 nitrogen and oxygen atoms in total. The number of hydrogen-bond acceptors (Lipinski definition) is 6. The second-order valence-corrected chi connectivity index (χ2v) is 7.89. The van der Waals surface area contributed by atoms with E-state index in [4.69, 9.17) is 10.5 Å². The zero-order chi connectivity index (χ0) is 22.0. The van der Waals surface area contributed by atoms with Gasteiger partial charge in [0.05, 0.1) is 34.3 Å². The number of thiazole rings is 1. The molecule has 0 bridgehead atoms. The molecule has 0 saturated heterocycles. The zero-order valence-electron chi connectivity index (χ0n) is 16.7. The number of nitrogens with two attached hydrogens (primary N) is 1. The summed E-state index contributed by atoms with van der Waals surface area (Å²) in [5.41, 5.74) is 7.98. The van der Waals surface area contributed by atoms with E-state index in [2.05, 4.69) is 6.07 Å². The molecule has 0 aliphatic carbocycles. The number of nitrogens with zero attached hydrogens (tertiary/aromatic N) is 2. The van der Waals surface area contributed by atoms with Gasteiger partial charge < -0.3 is 10.5 Å². The lowest BCUT2D eigenvalue weighted by Gasteiger charge is -2.25. The van der Waals surface area contributed by atoms with Gasteiger partial charge in [0.1, 0.15) is 10.5 Å². The first kappa shape index (κ1) is 20.4. The number of carbonyl (C=O) groups excluding carboxylic acids is 1. The summed E-state index contributed by atoms with van der Waals surface area (Å²) in [7, 11) is 0. The van der Waals surface area contributed by atoms with Gasteiger partial charge in [0.15, 0.2) is 0 Å². The lowest BCUT2D eigenvalue weighted by molar-refractivity contribution is -0.138. The van der Waals surface area contributed by atoms with Crippen molar-refractivity contribution in [2.24, 2.45) is 5.73 Å². The van der Waals surface area contributed by atoms with Crippen LogP contribution in [0, 0.1) is 11.3 Å². The van der Waals surface area contributed by atoms with Gasteiger partial charge in [-0.3, -0.25) is 9.36 Å². The van der Waals surface area contributed by atoms with Crippen LogP contribution in [-0.4, -0.2) is 17.1 Å². The molecule has 31 heavy (non-hydrogen) atoms. The highest BCUT2D eigenvalue weighted by molar-refractivity contribution is 7.07. The number of benzene rings is 2. The molecule has 0 saturated carbocycles. The van der Waals surface area contributed by atoms with Crippen LogP contribution >= 0.6 is 11.3 Å². The summed E-state index contributed by atoms with van der Waals surface area (Å²) < 4.78 is 7.34. The molecule has 1 unspecified atom stereocenters. The fourth-order valence-corrected chi connectivity index (χ4v) is 4.77. The summed E-state index contributed by atoms with van der Waals surface area (Å²) in [6.07, 6.45) is 1.75. The molecule has 1 atom stereocenters. The summed E-state index contributed by atoms with van der Waals surface area (Å²) in [6.45, 7) is 1.84. The summed E-state index contributed by atoms with van der Waals surface area (Å²) in [4.78, 5) is 26.1. The molecular formula is C24H19N3O3S. The third kappa shape index (κ3) is 3.58. The molecule has 154 valence electrons. The minimum absolute atomic E-state index is 0.00438. The molecule has 7 heteroatoms. The molecule has 2 aromatic carbocycles. The quantitative estimate of drug-likeness (QED) is 0.639. The second-order valence-electron chi connectivity index (χ2n) is 6.86. The SMILES string of the molecule is CCOC(=O)C1=C(N)n2c(s/c(=C\c3ccccc3)c2=O)=C(C#N)C1c1ccccc1. The van der Waals surface area contributed by atoms with Gasteiger partial charge in [-0.2, -0.15) is 5.26 Å². The van der Waals surface area contributed by atoms with Crippen molar-refractivity contribution in [1.82, 2.24) is 4.57 Å². The molecule has 1 aliphatic rings. The first-order valence-corrected chi connectivity index (χ1v) is 10.5. The van der Waals surface area contributed by atoms with E-state index in [1.54, 1.807) is 13.0 Å². The highest BCUT2D eigenvalue weighted by atomic mass is 32.1. The molecule has 0 radical (unpaired) electrons. The highest BCUT2D eigenvalue weighted by Crippen LogP contribution is 2.36. The maximum atomic E-state index is 13.2. The van der Waals surface area contributed by atoms with Crippen molar-refractivity contribution in [3.63, 3.8) is 0 Å². The Morgan fingerprint density at radius 1 is 1.19 bits per heavy atom. The Morgan fingerprint density at radius 2 is 1.84 bits per heavy atom. The standard InChI is InChI=1S/C24H19N3O3S/c1-2-30-24(29)20-19(16-11-7-4-8-12-16)17(14-25)23-27(21(20)26)22(28)18(31-23)13-15-9-5-3-6-10-15/h3-13,19H,2,26H2,1H3/b18-13-. The minimum atomic E-state index is -0.715. The maximum Gasteiger partial charge on any atom is 0.338 e. The Morgan fingerprint density at radius 3 is 2.45 bits per heavy atom. The summed E-state index contributed by atoms with van der Waals surface area (Å²) >= 11 is 1.19. The smallest absolute Gasteiger partial charge is 0.338 e. The Balaban J connectivity index is 2.07. The lowest BCUT2D eigenvalue weighted by atomic mass is 9.84. The Kier molecular flexibility index (Phi) is 5.56. The second kappa shape index (κ2) is 8.46. The molecule has 3 aromatic rings. The number of nitriles is 1. The minimum Gasteiger partial charge on any atom is -0.463 e. The highest BCUT2D eigenvalue weighted by Gasteiger charge is 2.36. The van der Waals surface area contributed by atoms with E-state index in [9.17, 15) is 14.9 Å². The van der Waals surface area contributed by atoms with Gasteiger partial charge in [0.25, 0.3) is 5.56 Å². The third-order valence-electron chi connectivity index (χ3n) is 4.99. The number of ether oxygens (including phenoxy) is 1. The number of esters is 1. The Hall–Kier alpha value is -3.89. The normalized spacial score (nSPS) is 16.1. The zero-order valence-corrected chi connectivity index (χ0v) is 17.6. The summed E-state index contributed by atoms with van der Waals surface area (Å²) in [6, 6.07) is 20.8. The molecule has 0 fully saturated rings. The van der Waals surface area contributed by atoms with Crippen LogP contribution in [0.25, 0.3) is 17.5 Å². The number of hydrogen-bond donors (Lipinski definition) is 1. The van der Waals surface area contributed by atoms with Gasteiger partial charge in [-0.1, -0.05) is 60.7 Å². The van der Waals surface area contributed by atoms with Crippen LogP contribution in [0.15, 0.2) is 71.0 Å². The molecule has 4 rings (SSSR count).